The summed E-state index contributed by atoms with van der Waals surface area (Å²) in [5.74, 6) is -0.862. The highest BCUT2D eigenvalue weighted by Crippen LogP contribution is 1.93. The lowest BCUT2D eigenvalue weighted by Gasteiger charge is -2.12. The van der Waals surface area contributed by atoms with Gasteiger partial charge in [0.25, 0.3) is 0 Å². The van der Waals surface area contributed by atoms with Gasteiger partial charge in [-0.3, -0.25) is 10.1 Å². The van der Waals surface area contributed by atoms with Crippen LogP contribution >= 0.6 is 0 Å². The molecular weight excluding hydrogens is 162 g/mol. The molecule has 12 heavy (non-hydrogen) atoms. The van der Waals surface area contributed by atoms with Crippen LogP contribution in [0.3, 0.4) is 0 Å². The summed E-state index contributed by atoms with van der Waals surface area (Å²) in [4.78, 5) is 10.2. The maximum absolute atomic E-state index is 10.2. The predicted molar refractivity (Wildman–Crippen MR) is 41.1 cm³/mol. The number of rotatable bonds is 3. The standard InChI is InChI=1S/C7H13NO4/c9-7(10)3-8-6-4-11-1-2-12-5-6/h6,8H,1-5H2,(H,9,10). The first kappa shape index (κ1) is 9.44. The second kappa shape index (κ2) is 5.08. The Kier molecular flexibility index (Phi) is 3.99. The fourth-order valence-corrected chi connectivity index (χ4v) is 0.967. The summed E-state index contributed by atoms with van der Waals surface area (Å²) in [5, 5.41) is 11.2. The minimum atomic E-state index is -0.862. The van der Waals surface area contributed by atoms with Crippen molar-refractivity contribution in [2.24, 2.45) is 0 Å². The second-order valence-electron chi connectivity index (χ2n) is 2.62. The number of hydrogen-bond donors (Lipinski definition) is 2. The molecule has 0 bridgehead atoms. The van der Waals surface area contributed by atoms with Crippen molar-refractivity contribution >= 4 is 5.97 Å². The summed E-state index contributed by atoms with van der Waals surface area (Å²) in [6.07, 6.45) is 0. The fraction of sp³-hybridized carbons (Fsp3) is 0.857. The molecule has 0 saturated carbocycles. The number of hydrogen-bond acceptors (Lipinski definition) is 4. The summed E-state index contributed by atoms with van der Waals surface area (Å²) in [6, 6.07) is 0.00333. The van der Waals surface area contributed by atoms with Gasteiger partial charge in [-0.2, -0.15) is 0 Å². The van der Waals surface area contributed by atoms with Gasteiger partial charge in [0.1, 0.15) is 0 Å². The minimum Gasteiger partial charge on any atom is -0.480 e. The Balaban J connectivity index is 2.16. The molecule has 0 spiro atoms. The molecule has 0 aromatic carbocycles. The quantitative estimate of drug-likeness (QED) is 0.580. The maximum Gasteiger partial charge on any atom is 0.317 e. The Hall–Kier alpha value is -0.650. The lowest BCUT2D eigenvalue weighted by molar-refractivity contribution is -0.136. The first-order chi connectivity index (χ1) is 5.79. The van der Waals surface area contributed by atoms with Gasteiger partial charge in [0, 0.05) is 0 Å². The average Bonchev–Trinajstić information content (AvgIpc) is 2.28. The van der Waals surface area contributed by atoms with E-state index in [-0.39, 0.29) is 12.6 Å². The zero-order valence-electron chi connectivity index (χ0n) is 6.78. The van der Waals surface area contributed by atoms with Crippen LogP contribution in [0.15, 0.2) is 0 Å². The lowest BCUT2D eigenvalue weighted by atomic mass is 10.3. The van der Waals surface area contributed by atoms with E-state index in [0.29, 0.717) is 26.4 Å². The highest BCUT2D eigenvalue weighted by molar-refractivity contribution is 5.69. The molecule has 5 nitrogen and oxygen atoms in total. The largest absolute Gasteiger partial charge is 0.480 e. The summed E-state index contributed by atoms with van der Waals surface area (Å²) in [6.45, 7) is 2.18. The lowest BCUT2D eigenvalue weighted by Crippen LogP contribution is -2.39. The molecule has 0 aliphatic carbocycles. The van der Waals surface area contributed by atoms with Gasteiger partial charge >= 0.3 is 5.97 Å². The van der Waals surface area contributed by atoms with E-state index < -0.39 is 5.97 Å². The number of ether oxygens (including phenoxy) is 2. The third-order valence-electron chi connectivity index (χ3n) is 1.55. The molecule has 1 saturated heterocycles. The molecule has 70 valence electrons. The van der Waals surface area contributed by atoms with Crippen LogP contribution in [-0.2, 0) is 14.3 Å². The zero-order valence-corrected chi connectivity index (χ0v) is 6.78. The fourth-order valence-electron chi connectivity index (χ4n) is 0.967. The van der Waals surface area contributed by atoms with Crippen LogP contribution in [-0.4, -0.2) is 50.1 Å². The third kappa shape index (κ3) is 3.66. The second-order valence-corrected chi connectivity index (χ2v) is 2.62. The number of carboxylic acids is 1. The van der Waals surface area contributed by atoms with Crippen LogP contribution < -0.4 is 5.32 Å². The molecule has 0 aromatic heterocycles. The highest BCUT2D eigenvalue weighted by Gasteiger charge is 2.12. The molecule has 1 fully saturated rings. The van der Waals surface area contributed by atoms with Crippen LogP contribution in [0.2, 0.25) is 0 Å². The minimum absolute atomic E-state index is 0.00333. The molecular formula is C7H13NO4. The van der Waals surface area contributed by atoms with Crippen LogP contribution in [0.1, 0.15) is 0 Å². The van der Waals surface area contributed by atoms with Crippen LogP contribution in [0.5, 0.6) is 0 Å². The van der Waals surface area contributed by atoms with Gasteiger partial charge in [0.05, 0.1) is 39.0 Å². The molecule has 1 rings (SSSR count). The topological polar surface area (TPSA) is 67.8 Å². The number of carbonyl (C=O) groups is 1. The third-order valence-corrected chi connectivity index (χ3v) is 1.55. The smallest absolute Gasteiger partial charge is 0.317 e. The van der Waals surface area contributed by atoms with Gasteiger partial charge in [0.15, 0.2) is 0 Å². The Morgan fingerprint density at radius 3 is 2.50 bits per heavy atom. The Labute approximate surface area is 70.7 Å². The van der Waals surface area contributed by atoms with E-state index in [4.69, 9.17) is 14.6 Å². The Bertz CT molecular complexity index is 142. The monoisotopic (exact) mass is 175 g/mol. The maximum atomic E-state index is 10.2. The first-order valence-corrected chi connectivity index (χ1v) is 3.89. The summed E-state index contributed by atoms with van der Waals surface area (Å²) >= 11 is 0. The average molecular weight is 175 g/mol. The van der Waals surface area contributed by atoms with Crippen molar-refractivity contribution in [1.82, 2.24) is 5.32 Å². The van der Waals surface area contributed by atoms with Crippen molar-refractivity contribution in [3.05, 3.63) is 0 Å². The SMILES string of the molecule is O=C(O)CNC1COCCOC1. The van der Waals surface area contributed by atoms with Crippen molar-refractivity contribution in [2.45, 2.75) is 6.04 Å². The predicted octanol–water partition coefficient (Wildman–Crippen LogP) is -0.924. The van der Waals surface area contributed by atoms with Gasteiger partial charge in [-0.15, -0.1) is 0 Å². The van der Waals surface area contributed by atoms with Crippen molar-refractivity contribution in [1.29, 1.82) is 0 Å². The van der Waals surface area contributed by atoms with Gasteiger partial charge in [-0.25, -0.2) is 0 Å². The van der Waals surface area contributed by atoms with Crippen molar-refractivity contribution in [3.63, 3.8) is 0 Å². The van der Waals surface area contributed by atoms with Crippen LogP contribution in [0, 0.1) is 0 Å². The molecule has 1 heterocycles. The zero-order chi connectivity index (χ0) is 8.81. The molecule has 0 radical (unpaired) electrons. The molecule has 0 aromatic rings. The molecule has 5 heteroatoms. The van der Waals surface area contributed by atoms with E-state index in [9.17, 15) is 4.79 Å². The van der Waals surface area contributed by atoms with E-state index in [2.05, 4.69) is 5.32 Å². The normalized spacial score (nSPS) is 20.3. The van der Waals surface area contributed by atoms with E-state index >= 15 is 0 Å². The van der Waals surface area contributed by atoms with E-state index in [1.54, 1.807) is 0 Å². The van der Waals surface area contributed by atoms with Gasteiger partial charge < -0.3 is 14.6 Å². The number of nitrogens with one attached hydrogen (secondary N) is 1. The van der Waals surface area contributed by atoms with Gasteiger partial charge in [-0.1, -0.05) is 0 Å². The van der Waals surface area contributed by atoms with Gasteiger partial charge in [-0.05, 0) is 0 Å². The van der Waals surface area contributed by atoms with Crippen LogP contribution in [0.4, 0.5) is 0 Å². The summed E-state index contributed by atoms with van der Waals surface area (Å²) in [7, 11) is 0. The van der Waals surface area contributed by atoms with Gasteiger partial charge in [0.2, 0.25) is 0 Å². The first-order valence-electron chi connectivity index (χ1n) is 3.89. The van der Waals surface area contributed by atoms with Crippen molar-refractivity contribution in [2.75, 3.05) is 33.0 Å². The molecule has 2 N–H and O–H groups in total. The molecule has 1 aliphatic heterocycles. The molecule has 0 amide bonds. The van der Waals surface area contributed by atoms with E-state index in [1.807, 2.05) is 0 Å². The molecule has 0 unspecified atom stereocenters. The molecule has 0 atom stereocenters. The summed E-state index contributed by atoms with van der Waals surface area (Å²) < 4.78 is 10.3. The highest BCUT2D eigenvalue weighted by atomic mass is 16.5. The van der Waals surface area contributed by atoms with E-state index in [0.717, 1.165) is 0 Å². The van der Waals surface area contributed by atoms with Crippen molar-refractivity contribution < 1.29 is 19.4 Å². The Morgan fingerprint density at radius 1 is 1.42 bits per heavy atom. The Morgan fingerprint density at radius 2 is 2.00 bits per heavy atom. The summed E-state index contributed by atoms with van der Waals surface area (Å²) in [5.41, 5.74) is 0. The van der Waals surface area contributed by atoms with E-state index in [1.165, 1.54) is 0 Å². The van der Waals surface area contributed by atoms with Crippen molar-refractivity contribution in [3.8, 4) is 0 Å². The number of aliphatic carboxylic acids is 1. The van der Waals surface area contributed by atoms with Crippen LogP contribution in [0.25, 0.3) is 0 Å². The molecule has 1 aliphatic rings. The number of carboxylic acid groups (broad SMARTS) is 1.